The predicted molar refractivity (Wildman–Crippen MR) is 37.7 cm³/mol. The fraction of sp³-hybridized carbons (Fsp3) is 0.333. The molecule has 0 bridgehead atoms. The first-order valence-electron chi connectivity index (χ1n) is 3.43. The van der Waals surface area contributed by atoms with E-state index in [4.69, 9.17) is 5.11 Å². The second kappa shape index (κ2) is 2.85. The molecule has 1 fully saturated rings. The van der Waals surface area contributed by atoms with Gasteiger partial charge in [0.1, 0.15) is 0 Å². The van der Waals surface area contributed by atoms with Crippen molar-refractivity contribution in [2.45, 2.75) is 6.92 Å². The Bertz CT molecular complexity index is 310. The van der Waals surface area contributed by atoms with E-state index in [-0.39, 0.29) is 11.4 Å². The molecule has 1 heterocycles. The van der Waals surface area contributed by atoms with Crippen LogP contribution in [0.2, 0.25) is 0 Å². The van der Waals surface area contributed by atoms with E-state index in [9.17, 15) is 19.2 Å². The molecule has 0 aromatic rings. The largest absolute Gasteiger partial charge is 0.464 e. The van der Waals surface area contributed by atoms with Crippen LogP contribution in [0.4, 0.5) is 9.59 Å². The molecule has 0 aliphatic carbocycles. The van der Waals surface area contributed by atoms with E-state index in [0.29, 0.717) is 4.90 Å². The summed E-state index contributed by atoms with van der Waals surface area (Å²) in [6.45, 7) is 1.45. The van der Waals surface area contributed by atoms with Crippen LogP contribution in [-0.4, -0.2) is 45.4 Å². The van der Waals surface area contributed by atoms with Crippen molar-refractivity contribution in [2.24, 2.45) is 0 Å². The van der Waals surface area contributed by atoms with Crippen molar-refractivity contribution >= 4 is 23.9 Å². The van der Waals surface area contributed by atoms with Crippen LogP contribution in [0.5, 0.6) is 0 Å². The second-order valence-electron chi connectivity index (χ2n) is 2.26. The van der Waals surface area contributed by atoms with Crippen LogP contribution in [0.1, 0.15) is 6.92 Å². The van der Waals surface area contributed by atoms with Crippen molar-refractivity contribution in [2.75, 3.05) is 6.54 Å². The molecule has 5 amide bonds. The van der Waals surface area contributed by atoms with Crippen molar-refractivity contribution in [1.29, 1.82) is 0 Å². The number of likely N-dealkylation sites (N-methyl/N-ethyl adjacent to an activating group) is 1. The molecule has 7 heteroatoms. The van der Waals surface area contributed by atoms with E-state index in [2.05, 4.69) is 0 Å². The summed E-state index contributed by atoms with van der Waals surface area (Å²) in [5.41, 5.74) is 0. The number of carboxylic acid groups (broad SMARTS) is 1. The van der Waals surface area contributed by atoms with Gasteiger partial charge in [-0.1, -0.05) is 0 Å². The van der Waals surface area contributed by atoms with Gasteiger partial charge in [-0.05, 0) is 6.92 Å². The lowest BCUT2D eigenvalue weighted by molar-refractivity contribution is -0.142. The summed E-state index contributed by atoms with van der Waals surface area (Å²) >= 11 is 0. The van der Waals surface area contributed by atoms with Gasteiger partial charge in [0.05, 0.1) is 0 Å². The Morgan fingerprint density at radius 1 is 1.31 bits per heavy atom. The van der Waals surface area contributed by atoms with Crippen molar-refractivity contribution in [3.05, 3.63) is 0 Å². The van der Waals surface area contributed by atoms with E-state index >= 15 is 0 Å². The van der Waals surface area contributed by atoms with Crippen LogP contribution in [0.25, 0.3) is 0 Å². The number of amides is 5. The average molecular weight is 186 g/mol. The summed E-state index contributed by atoms with van der Waals surface area (Å²) in [5.74, 6) is -2.42. The van der Waals surface area contributed by atoms with Crippen molar-refractivity contribution in [1.82, 2.24) is 9.80 Å². The van der Waals surface area contributed by atoms with E-state index < -0.39 is 23.9 Å². The SMILES string of the molecule is CCN1C(=O)C(=O)N(C(=O)O)C1=O. The number of rotatable bonds is 1. The third-order valence-electron chi connectivity index (χ3n) is 1.56. The summed E-state index contributed by atoms with van der Waals surface area (Å²) in [4.78, 5) is 43.6. The Morgan fingerprint density at radius 3 is 2.08 bits per heavy atom. The Kier molecular flexibility index (Phi) is 2.01. The van der Waals surface area contributed by atoms with Crippen LogP contribution in [0.3, 0.4) is 0 Å². The lowest BCUT2D eigenvalue weighted by atomic mass is 10.5. The highest BCUT2D eigenvalue weighted by molar-refractivity contribution is 6.47. The summed E-state index contributed by atoms with van der Waals surface area (Å²) in [6.07, 6.45) is -1.74. The molecule has 7 nitrogen and oxygen atoms in total. The van der Waals surface area contributed by atoms with E-state index in [0.717, 1.165) is 0 Å². The van der Waals surface area contributed by atoms with Crippen LogP contribution in [-0.2, 0) is 9.59 Å². The fourth-order valence-corrected chi connectivity index (χ4v) is 0.953. The van der Waals surface area contributed by atoms with Gasteiger partial charge in [0.2, 0.25) is 0 Å². The smallest absolute Gasteiger partial charge is 0.423 e. The maximum atomic E-state index is 11.0. The number of carbonyl (C=O) groups is 4. The zero-order valence-corrected chi connectivity index (χ0v) is 6.68. The molecule has 1 aliphatic heterocycles. The molecule has 0 unspecified atom stereocenters. The lowest BCUT2D eigenvalue weighted by Gasteiger charge is -2.08. The summed E-state index contributed by atoms with van der Waals surface area (Å²) in [6, 6.07) is -1.11. The molecule has 13 heavy (non-hydrogen) atoms. The Balaban J connectivity index is 3.05. The topological polar surface area (TPSA) is 95.0 Å². The highest BCUT2D eigenvalue weighted by Gasteiger charge is 2.47. The zero-order valence-electron chi connectivity index (χ0n) is 6.68. The molecule has 1 aliphatic rings. The minimum Gasteiger partial charge on any atom is -0.464 e. The van der Waals surface area contributed by atoms with Gasteiger partial charge >= 0.3 is 23.9 Å². The highest BCUT2D eigenvalue weighted by atomic mass is 16.4. The minimum atomic E-state index is -1.74. The molecule has 0 radical (unpaired) electrons. The van der Waals surface area contributed by atoms with Gasteiger partial charge in [-0.2, -0.15) is 4.90 Å². The molecule has 0 aromatic heterocycles. The number of hydrogen-bond donors (Lipinski definition) is 1. The molecule has 0 aromatic carbocycles. The molecule has 1 rings (SSSR count). The van der Waals surface area contributed by atoms with E-state index in [1.807, 2.05) is 0 Å². The van der Waals surface area contributed by atoms with Gasteiger partial charge < -0.3 is 5.11 Å². The molecule has 1 saturated heterocycles. The Hall–Kier alpha value is -1.92. The highest BCUT2D eigenvalue weighted by Crippen LogP contribution is 2.11. The van der Waals surface area contributed by atoms with Crippen molar-refractivity contribution in [3.8, 4) is 0 Å². The monoisotopic (exact) mass is 186 g/mol. The van der Waals surface area contributed by atoms with Gasteiger partial charge in [-0.15, -0.1) is 0 Å². The molecule has 0 spiro atoms. The Morgan fingerprint density at radius 2 is 1.85 bits per heavy atom. The molecular weight excluding hydrogens is 180 g/mol. The average Bonchev–Trinajstić information content (AvgIpc) is 2.24. The van der Waals surface area contributed by atoms with Crippen LogP contribution >= 0.6 is 0 Å². The Labute approximate surface area is 72.5 Å². The maximum Gasteiger partial charge on any atom is 0.423 e. The molecule has 0 saturated carbocycles. The van der Waals surface area contributed by atoms with Crippen LogP contribution in [0, 0.1) is 0 Å². The summed E-state index contributed by atoms with van der Waals surface area (Å²) in [5, 5.41) is 8.39. The molecule has 1 N–H and O–H groups in total. The number of urea groups is 1. The molecule has 0 atom stereocenters. The van der Waals surface area contributed by atoms with Gasteiger partial charge in [-0.3, -0.25) is 14.5 Å². The lowest BCUT2D eigenvalue weighted by Crippen LogP contribution is -2.36. The van der Waals surface area contributed by atoms with E-state index in [1.165, 1.54) is 6.92 Å². The third kappa shape index (κ3) is 1.13. The normalized spacial score (nSPS) is 17.2. The predicted octanol–water partition coefficient (Wildman–Crippen LogP) is -0.525. The zero-order chi connectivity index (χ0) is 10.2. The van der Waals surface area contributed by atoms with Crippen LogP contribution < -0.4 is 0 Å². The first kappa shape index (κ1) is 9.17. The number of imide groups is 4. The maximum absolute atomic E-state index is 11.0. The van der Waals surface area contributed by atoms with Crippen molar-refractivity contribution < 1.29 is 24.3 Å². The molecule has 70 valence electrons. The fourth-order valence-electron chi connectivity index (χ4n) is 0.953. The van der Waals surface area contributed by atoms with E-state index in [1.54, 1.807) is 0 Å². The second-order valence-corrected chi connectivity index (χ2v) is 2.26. The van der Waals surface area contributed by atoms with Gasteiger partial charge in [-0.25, -0.2) is 9.59 Å². The van der Waals surface area contributed by atoms with Crippen LogP contribution in [0.15, 0.2) is 0 Å². The minimum absolute atomic E-state index is 0.0206. The first-order valence-corrected chi connectivity index (χ1v) is 3.43. The summed E-state index contributed by atoms with van der Waals surface area (Å²) in [7, 11) is 0. The van der Waals surface area contributed by atoms with Crippen molar-refractivity contribution in [3.63, 3.8) is 0 Å². The number of nitrogens with zero attached hydrogens (tertiary/aromatic N) is 2. The first-order chi connectivity index (χ1) is 6.00. The standard InChI is InChI=1S/C6H6N2O5/c1-2-7-3(9)4(10)8(5(7)11)6(12)13/h2H2,1H3,(H,12,13). The van der Waals surface area contributed by atoms with Gasteiger partial charge in [0, 0.05) is 6.54 Å². The van der Waals surface area contributed by atoms with Gasteiger partial charge in [0.15, 0.2) is 0 Å². The number of hydrogen-bond acceptors (Lipinski definition) is 4. The summed E-state index contributed by atoms with van der Waals surface area (Å²) < 4.78 is 0. The van der Waals surface area contributed by atoms with Gasteiger partial charge in [0.25, 0.3) is 0 Å². The quantitative estimate of drug-likeness (QED) is 0.439. The number of carbonyl (C=O) groups excluding carboxylic acids is 3. The molecular formula is C6H6N2O5. The third-order valence-corrected chi connectivity index (χ3v) is 1.56.